The van der Waals surface area contributed by atoms with E-state index in [2.05, 4.69) is 10.1 Å². The lowest BCUT2D eigenvalue weighted by atomic mass is 9.87. The van der Waals surface area contributed by atoms with Gasteiger partial charge in [0.15, 0.2) is 5.76 Å². The number of nitrogens with zero attached hydrogens (tertiary/aromatic N) is 2. The van der Waals surface area contributed by atoms with Gasteiger partial charge < -0.3 is 19.1 Å². The van der Waals surface area contributed by atoms with Crippen molar-refractivity contribution in [3.05, 3.63) is 29.6 Å². The van der Waals surface area contributed by atoms with Gasteiger partial charge in [-0.2, -0.15) is 0 Å². The van der Waals surface area contributed by atoms with Crippen LogP contribution in [0.5, 0.6) is 5.75 Å². The zero-order valence-electron chi connectivity index (χ0n) is 16.4. The van der Waals surface area contributed by atoms with Gasteiger partial charge in [-0.3, -0.25) is 4.79 Å². The first-order valence-corrected chi connectivity index (χ1v) is 9.85. The minimum absolute atomic E-state index is 0.0108. The molecule has 0 unspecified atom stereocenters. The Morgan fingerprint density at radius 1 is 1.32 bits per heavy atom. The van der Waals surface area contributed by atoms with E-state index in [0.29, 0.717) is 46.7 Å². The maximum Gasteiger partial charge on any atom is 0.309 e. The van der Waals surface area contributed by atoms with E-state index in [1.165, 1.54) is 0 Å². The summed E-state index contributed by atoms with van der Waals surface area (Å²) in [7, 11) is 0. The summed E-state index contributed by atoms with van der Waals surface area (Å²) in [5.74, 6) is 2.01. The topological polar surface area (TPSA) is 94.7 Å². The second kappa shape index (κ2) is 7.54. The molecule has 2 heterocycles. The van der Waals surface area contributed by atoms with E-state index in [0.717, 1.165) is 12.8 Å². The SMILES string of the molecule is Cc1noc(-c2ccc(O[C@@H]3C[C@H](C(=O)OC(C)C)C[C@@H]4C[C@@H]43)cn2)c1CO. The van der Waals surface area contributed by atoms with Gasteiger partial charge in [-0.15, -0.1) is 0 Å². The van der Waals surface area contributed by atoms with Gasteiger partial charge in [0.1, 0.15) is 17.5 Å². The van der Waals surface area contributed by atoms with Crippen LogP contribution in [0.15, 0.2) is 22.9 Å². The van der Waals surface area contributed by atoms with Gasteiger partial charge in [0.2, 0.25) is 0 Å². The molecule has 2 aliphatic rings. The maximum absolute atomic E-state index is 12.3. The van der Waals surface area contributed by atoms with E-state index >= 15 is 0 Å². The van der Waals surface area contributed by atoms with E-state index in [9.17, 15) is 9.90 Å². The van der Waals surface area contributed by atoms with Gasteiger partial charge in [-0.1, -0.05) is 5.16 Å². The van der Waals surface area contributed by atoms with Crippen molar-refractivity contribution in [3.8, 4) is 17.2 Å². The summed E-state index contributed by atoms with van der Waals surface area (Å²) in [4.78, 5) is 16.7. The fraction of sp³-hybridized carbons (Fsp3) is 0.571. The average molecular weight is 386 g/mol. The lowest BCUT2D eigenvalue weighted by molar-refractivity contribution is -0.154. The first-order valence-electron chi connectivity index (χ1n) is 9.85. The minimum atomic E-state index is -0.149. The number of pyridine rings is 1. The molecule has 4 rings (SSSR count). The zero-order valence-corrected chi connectivity index (χ0v) is 16.4. The summed E-state index contributed by atoms with van der Waals surface area (Å²) < 4.78 is 16.9. The van der Waals surface area contributed by atoms with E-state index < -0.39 is 0 Å². The van der Waals surface area contributed by atoms with E-state index in [4.69, 9.17) is 14.0 Å². The molecule has 2 aliphatic carbocycles. The molecule has 28 heavy (non-hydrogen) atoms. The van der Waals surface area contributed by atoms with Gasteiger partial charge in [0.25, 0.3) is 0 Å². The Hall–Kier alpha value is -2.41. The van der Waals surface area contributed by atoms with Gasteiger partial charge in [0, 0.05) is 5.56 Å². The highest BCUT2D eigenvalue weighted by Crippen LogP contribution is 2.52. The molecule has 0 amide bonds. The molecule has 1 N–H and O–H groups in total. The van der Waals surface area contributed by atoms with Gasteiger partial charge >= 0.3 is 5.97 Å². The molecule has 0 spiro atoms. The Bertz CT molecular complexity index is 845. The number of hydrogen-bond acceptors (Lipinski definition) is 7. The van der Waals surface area contributed by atoms with Crippen LogP contribution in [0.3, 0.4) is 0 Å². The Balaban J connectivity index is 1.43. The number of aliphatic hydroxyl groups excluding tert-OH is 1. The predicted molar refractivity (Wildman–Crippen MR) is 100 cm³/mol. The monoisotopic (exact) mass is 386 g/mol. The smallest absolute Gasteiger partial charge is 0.309 e. The number of carbonyl (C=O) groups is 1. The number of hydrogen-bond donors (Lipinski definition) is 1. The number of aromatic nitrogens is 2. The first-order chi connectivity index (χ1) is 13.5. The summed E-state index contributed by atoms with van der Waals surface area (Å²) in [6.07, 6.45) is 4.27. The van der Waals surface area contributed by atoms with Crippen LogP contribution in [-0.2, 0) is 16.1 Å². The normalized spacial score (nSPS) is 26.0. The number of ether oxygens (including phenoxy) is 2. The number of fused-ring (bicyclic) bond motifs is 1. The predicted octanol–water partition coefficient (Wildman–Crippen LogP) is 3.28. The molecule has 7 heteroatoms. The highest BCUT2D eigenvalue weighted by atomic mass is 16.5. The van der Waals surface area contributed by atoms with Crippen LogP contribution in [-0.4, -0.2) is 33.4 Å². The molecule has 2 aromatic heterocycles. The largest absolute Gasteiger partial charge is 0.488 e. The number of aryl methyl sites for hydroxylation is 1. The molecule has 150 valence electrons. The third kappa shape index (κ3) is 3.76. The van der Waals surface area contributed by atoms with Crippen molar-refractivity contribution in [3.63, 3.8) is 0 Å². The highest BCUT2D eigenvalue weighted by Gasteiger charge is 2.51. The van der Waals surface area contributed by atoms with E-state index in [-0.39, 0.29) is 30.7 Å². The number of rotatable bonds is 6. The first kappa shape index (κ1) is 18.9. The highest BCUT2D eigenvalue weighted by molar-refractivity contribution is 5.73. The molecule has 0 bridgehead atoms. The molecular formula is C21H26N2O5. The molecule has 0 aliphatic heterocycles. The van der Waals surface area contributed by atoms with Gasteiger partial charge in [0.05, 0.1) is 30.5 Å². The summed E-state index contributed by atoms with van der Waals surface area (Å²) in [5.41, 5.74) is 1.89. The molecule has 7 nitrogen and oxygen atoms in total. The molecule has 0 aromatic carbocycles. The summed E-state index contributed by atoms with van der Waals surface area (Å²) in [6.45, 7) is 5.38. The van der Waals surface area contributed by atoms with E-state index in [1.54, 1.807) is 19.2 Å². The van der Waals surface area contributed by atoms with Crippen molar-refractivity contribution in [2.75, 3.05) is 0 Å². The molecule has 2 saturated carbocycles. The van der Waals surface area contributed by atoms with Crippen molar-refractivity contribution in [1.82, 2.24) is 10.1 Å². The van der Waals surface area contributed by atoms with Crippen LogP contribution in [0.4, 0.5) is 0 Å². The molecule has 2 aromatic rings. The zero-order chi connectivity index (χ0) is 19.8. The standard InChI is InChI=1S/C21H26N2O5/c1-11(2)26-21(25)14-6-13-7-16(13)19(8-14)27-15-4-5-18(22-9-15)20-17(10-24)12(3)23-28-20/h4-5,9,11,13-14,16,19,24H,6-8,10H2,1-3H3/t13-,14-,16+,19-/m1/s1. The number of aliphatic hydroxyl groups is 1. The summed E-state index contributed by atoms with van der Waals surface area (Å²) in [6, 6.07) is 3.64. The molecule has 2 fully saturated rings. The van der Waals surface area contributed by atoms with E-state index in [1.807, 2.05) is 19.9 Å². The van der Waals surface area contributed by atoms with Crippen molar-refractivity contribution in [2.45, 2.75) is 58.8 Å². The Morgan fingerprint density at radius 3 is 2.82 bits per heavy atom. The third-order valence-corrected chi connectivity index (χ3v) is 5.64. The second-order valence-corrected chi connectivity index (χ2v) is 8.08. The van der Waals surface area contributed by atoms with Crippen molar-refractivity contribution in [1.29, 1.82) is 0 Å². The second-order valence-electron chi connectivity index (χ2n) is 8.08. The fourth-order valence-corrected chi connectivity index (χ4v) is 4.11. The fourth-order valence-electron chi connectivity index (χ4n) is 4.11. The minimum Gasteiger partial charge on any atom is -0.488 e. The van der Waals surface area contributed by atoms with Crippen molar-refractivity contribution in [2.24, 2.45) is 17.8 Å². The van der Waals surface area contributed by atoms with Crippen LogP contribution in [0.1, 0.15) is 44.4 Å². The van der Waals surface area contributed by atoms with Gasteiger partial charge in [-0.25, -0.2) is 4.98 Å². The molecule has 4 atom stereocenters. The lowest BCUT2D eigenvalue weighted by Gasteiger charge is -2.28. The van der Waals surface area contributed by atoms with Crippen molar-refractivity contribution < 1.29 is 23.9 Å². The Labute approximate surface area is 164 Å². The van der Waals surface area contributed by atoms with Gasteiger partial charge in [-0.05, 0) is 64.0 Å². The van der Waals surface area contributed by atoms with Crippen LogP contribution in [0, 0.1) is 24.7 Å². The van der Waals surface area contributed by atoms with Crippen LogP contribution in [0.2, 0.25) is 0 Å². The maximum atomic E-state index is 12.3. The Kier molecular flexibility index (Phi) is 5.10. The summed E-state index contributed by atoms with van der Waals surface area (Å²) >= 11 is 0. The number of esters is 1. The van der Waals surface area contributed by atoms with Crippen LogP contribution < -0.4 is 4.74 Å². The van der Waals surface area contributed by atoms with Crippen LogP contribution >= 0.6 is 0 Å². The Morgan fingerprint density at radius 2 is 2.14 bits per heavy atom. The van der Waals surface area contributed by atoms with Crippen LogP contribution in [0.25, 0.3) is 11.5 Å². The van der Waals surface area contributed by atoms with Crippen molar-refractivity contribution >= 4 is 5.97 Å². The molecule has 0 saturated heterocycles. The lowest BCUT2D eigenvalue weighted by Crippen LogP contribution is -2.33. The molecule has 0 radical (unpaired) electrons. The quantitative estimate of drug-likeness (QED) is 0.761. The number of carbonyl (C=O) groups excluding carboxylic acids is 1. The molecular weight excluding hydrogens is 360 g/mol. The third-order valence-electron chi connectivity index (χ3n) is 5.64. The summed E-state index contributed by atoms with van der Waals surface area (Å²) in [5, 5.41) is 13.4. The average Bonchev–Trinajstić information content (AvgIpc) is 3.36.